The molecule has 1 atom stereocenters. The fraction of sp³-hybridized carbons (Fsp3) is 0.316. The first-order valence-corrected chi connectivity index (χ1v) is 10.4. The molecule has 0 unspecified atom stereocenters. The van der Waals surface area contributed by atoms with E-state index in [2.05, 4.69) is 4.72 Å². The third-order valence-corrected chi connectivity index (χ3v) is 5.39. The number of hydrogen-bond donors (Lipinski definition) is 1. The van der Waals surface area contributed by atoms with Crippen molar-refractivity contribution in [1.82, 2.24) is 4.72 Å². The van der Waals surface area contributed by atoms with Gasteiger partial charge in [-0.25, -0.2) is 13.1 Å². The molecule has 0 bridgehead atoms. The molecule has 0 aliphatic rings. The van der Waals surface area contributed by atoms with Crippen LogP contribution in [0.15, 0.2) is 53.4 Å². The Morgan fingerprint density at radius 1 is 1.14 bits per heavy atom. The SMILES string of the molecule is CCOC(=O)C[C@H](NS(=O)(=O)c1ccc(OCC)cc1)c1cccc([N+](=O)[O-])c1. The molecule has 2 rings (SSSR count). The van der Waals surface area contributed by atoms with E-state index in [4.69, 9.17) is 9.47 Å². The molecule has 0 radical (unpaired) electrons. The predicted octanol–water partition coefficient (Wildman–Crippen LogP) is 2.97. The summed E-state index contributed by atoms with van der Waals surface area (Å²) in [7, 11) is -4.02. The first kappa shape index (κ1) is 22.3. The second-order valence-electron chi connectivity index (χ2n) is 5.94. The molecule has 0 aromatic heterocycles. The fourth-order valence-corrected chi connectivity index (χ4v) is 3.83. The maximum atomic E-state index is 12.8. The number of benzene rings is 2. The van der Waals surface area contributed by atoms with E-state index >= 15 is 0 Å². The van der Waals surface area contributed by atoms with Crippen LogP contribution >= 0.6 is 0 Å². The standard InChI is InChI=1S/C19H22N2O7S/c1-3-27-16-8-10-17(11-9-16)29(25,26)20-18(13-19(22)28-4-2)14-6-5-7-15(12-14)21(23)24/h5-12,18,20H,3-4,13H2,1-2H3/t18-/m0/s1. The summed E-state index contributed by atoms with van der Waals surface area (Å²) in [6.07, 6.45) is -0.314. The summed E-state index contributed by atoms with van der Waals surface area (Å²) in [4.78, 5) is 22.4. The quantitative estimate of drug-likeness (QED) is 0.354. The van der Waals surface area contributed by atoms with Crippen LogP contribution in [0.3, 0.4) is 0 Å². The number of carbonyl (C=O) groups is 1. The van der Waals surface area contributed by atoms with Gasteiger partial charge in [0.05, 0.1) is 35.5 Å². The fourth-order valence-electron chi connectivity index (χ4n) is 2.61. The van der Waals surface area contributed by atoms with Crippen LogP contribution in [0, 0.1) is 10.1 Å². The molecule has 0 fully saturated rings. The van der Waals surface area contributed by atoms with Gasteiger partial charge in [0.2, 0.25) is 10.0 Å². The zero-order valence-electron chi connectivity index (χ0n) is 16.0. The Bertz CT molecular complexity index is 959. The topological polar surface area (TPSA) is 125 Å². The average molecular weight is 422 g/mol. The van der Waals surface area contributed by atoms with Crippen molar-refractivity contribution in [1.29, 1.82) is 0 Å². The lowest BCUT2D eigenvalue weighted by Crippen LogP contribution is -2.30. The van der Waals surface area contributed by atoms with Crippen molar-refractivity contribution < 1.29 is 27.6 Å². The van der Waals surface area contributed by atoms with Crippen LogP contribution in [0.5, 0.6) is 5.75 Å². The minimum atomic E-state index is -4.02. The monoisotopic (exact) mass is 422 g/mol. The summed E-state index contributed by atoms with van der Waals surface area (Å²) in [5.74, 6) is -0.105. The van der Waals surface area contributed by atoms with Crippen LogP contribution < -0.4 is 9.46 Å². The number of nitrogens with zero attached hydrogens (tertiary/aromatic N) is 1. The first-order chi connectivity index (χ1) is 13.8. The second-order valence-corrected chi connectivity index (χ2v) is 7.65. The number of carbonyl (C=O) groups excluding carboxylic acids is 1. The Morgan fingerprint density at radius 3 is 2.41 bits per heavy atom. The van der Waals surface area contributed by atoms with Gasteiger partial charge in [-0.2, -0.15) is 0 Å². The van der Waals surface area contributed by atoms with E-state index in [-0.39, 0.29) is 29.2 Å². The minimum Gasteiger partial charge on any atom is -0.494 e. The van der Waals surface area contributed by atoms with Crippen LogP contribution in [-0.4, -0.2) is 32.5 Å². The van der Waals surface area contributed by atoms with Crippen molar-refractivity contribution in [2.75, 3.05) is 13.2 Å². The lowest BCUT2D eigenvalue weighted by Gasteiger charge is -2.18. The van der Waals surface area contributed by atoms with Crippen molar-refractivity contribution in [2.45, 2.75) is 31.2 Å². The lowest BCUT2D eigenvalue weighted by atomic mass is 10.0. The summed E-state index contributed by atoms with van der Waals surface area (Å²) >= 11 is 0. The minimum absolute atomic E-state index is 0.0276. The Labute approximate surface area is 168 Å². The number of esters is 1. The van der Waals surface area contributed by atoms with Crippen molar-refractivity contribution in [3.05, 3.63) is 64.2 Å². The number of nitrogens with one attached hydrogen (secondary N) is 1. The van der Waals surface area contributed by atoms with Gasteiger partial charge < -0.3 is 9.47 Å². The molecular weight excluding hydrogens is 400 g/mol. The van der Waals surface area contributed by atoms with E-state index in [0.29, 0.717) is 12.4 Å². The maximum Gasteiger partial charge on any atom is 0.307 e. The van der Waals surface area contributed by atoms with Gasteiger partial charge in [-0.15, -0.1) is 0 Å². The molecule has 0 saturated carbocycles. The summed E-state index contributed by atoms with van der Waals surface area (Å²) in [5, 5.41) is 11.1. The third-order valence-electron chi connectivity index (χ3n) is 3.90. The number of non-ortho nitro benzene ring substituents is 1. The zero-order chi connectivity index (χ0) is 21.4. The van der Waals surface area contributed by atoms with Gasteiger partial charge in [0.1, 0.15) is 5.75 Å². The Morgan fingerprint density at radius 2 is 1.83 bits per heavy atom. The highest BCUT2D eigenvalue weighted by Crippen LogP contribution is 2.25. The van der Waals surface area contributed by atoms with E-state index in [1.165, 1.54) is 48.5 Å². The van der Waals surface area contributed by atoms with Gasteiger partial charge in [-0.3, -0.25) is 14.9 Å². The summed E-state index contributed by atoms with van der Waals surface area (Å²) in [6, 6.07) is 10.2. The van der Waals surface area contributed by atoms with E-state index < -0.39 is 27.0 Å². The number of sulfonamides is 1. The molecule has 0 amide bonds. The van der Waals surface area contributed by atoms with Gasteiger partial charge >= 0.3 is 5.97 Å². The smallest absolute Gasteiger partial charge is 0.307 e. The number of nitro groups is 1. The Kier molecular flexibility index (Phi) is 7.68. The lowest BCUT2D eigenvalue weighted by molar-refractivity contribution is -0.384. The second kappa shape index (κ2) is 9.99. The molecule has 2 aromatic carbocycles. The first-order valence-electron chi connectivity index (χ1n) is 8.92. The van der Waals surface area contributed by atoms with E-state index in [9.17, 15) is 23.3 Å². The molecule has 0 aliphatic heterocycles. The zero-order valence-corrected chi connectivity index (χ0v) is 16.8. The molecule has 0 spiro atoms. The molecule has 0 saturated heterocycles. The highest BCUT2D eigenvalue weighted by atomic mass is 32.2. The van der Waals surface area contributed by atoms with Gasteiger partial charge in [-0.1, -0.05) is 12.1 Å². The number of ether oxygens (including phenoxy) is 2. The number of rotatable bonds is 10. The molecular formula is C19H22N2O7S. The van der Waals surface area contributed by atoms with Crippen LogP contribution in [0.1, 0.15) is 31.9 Å². The van der Waals surface area contributed by atoms with Gasteiger partial charge in [0.25, 0.3) is 5.69 Å². The summed E-state index contributed by atoms with van der Waals surface area (Å²) in [6.45, 7) is 4.01. The van der Waals surface area contributed by atoms with E-state index in [0.717, 1.165) is 0 Å². The normalized spacial score (nSPS) is 12.2. The van der Waals surface area contributed by atoms with Crippen molar-refractivity contribution in [3.63, 3.8) is 0 Å². The average Bonchev–Trinajstić information content (AvgIpc) is 2.68. The molecule has 1 N–H and O–H groups in total. The molecule has 9 nitrogen and oxygen atoms in total. The summed E-state index contributed by atoms with van der Waals surface area (Å²) < 4.78 is 38.3. The van der Waals surface area contributed by atoms with Crippen LogP contribution in [0.4, 0.5) is 5.69 Å². The maximum absolute atomic E-state index is 12.8. The number of nitro benzene ring substituents is 1. The van der Waals surface area contributed by atoms with Crippen LogP contribution in [-0.2, 0) is 19.6 Å². The molecule has 29 heavy (non-hydrogen) atoms. The molecule has 0 aliphatic carbocycles. The van der Waals surface area contributed by atoms with E-state index in [1.54, 1.807) is 6.92 Å². The van der Waals surface area contributed by atoms with Gasteiger partial charge in [0.15, 0.2) is 0 Å². The van der Waals surface area contributed by atoms with Crippen LogP contribution in [0.2, 0.25) is 0 Å². The highest BCUT2D eigenvalue weighted by molar-refractivity contribution is 7.89. The van der Waals surface area contributed by atoms with Crippen molar-refractivity contribution >= 4 is 21.7 Å². The summed E-state index contributed by atoms with van der Waals surface area (Å²) in [5.41, 5.74) is 0.0680. The van der Waals surface area contributed by atoms with Crippen LogP contribution in [0.25, 0.3) is 0 Å². The van der Waals surface area contributed by atoms with Gasteiger partial charge in [0, 0.05) is 12.1 Å². The Balaban J connectivity index is 2.34. The predicted molar refractivity (Wildman–Crippen MR) is 105 cm³/mol. The molecule has 2 aromatic rings. The van der Waals surface area contributed by atoms with Crippen molar-refractivity contribution in [3.8, 4) is 5.75 Å². The molecule has 10 heteroatoms. The van der Waals surface area contributed by atoms with Crippen molar-refractivity contribution in [2.24, 2.45) is 0 Å². The van der Waals surface area contributed by atoms with E-state index in [1.807, 2.05) is 6.92 Å². The number of hydrogen-bond acceptors (Lipinski definition) is 7. The molecule has 0 heterocycles. The molecule has 156 valence electrons. The Hall–Kier alpha value is -2.98. The van der Waals surface area contributed by atoms with Gasteiger partial charge in [-0.05, 0) is 43.7 Å². The third kappa shape index (κ3) is 6.26. The highest BCUT2D eigenvalue weighted by Gasteiger charge is 2.25. The largest absolute Gasteiger partial charge is 0.494 e.